The number of aliphatic hydroxyl groups is 1. The van der Waals surface area contributed by atoms with Gasteiger partial charge < -0.3 is 10.4 Å². The van der Waals surface area contributed by atoms with Gasteiger partial charge in [-0.1, -0.05) is 30.3 Å². The first-order valence-electron chi connectivity index (χ1n) is 5.68. The van der Waals surface area contributed by atoms with E-state index in [1.807, 2.05) is 18.2 Å². The quantitative estimate of drug-likeness (QED) is 0.816. The highest BCUT2D eigenvalue weighted by Gasteiger charge is 2.05. The molecule has 0 fully saturated rings. The number of alkyl halides is 1. The van der Waals surface area contributed by atoms with E-state index in [4.69, 9.17) is 11.6 Å². The molecule has 2 aromatic rings. The molecule has 0 saturated heterocycles. The fourth-order valence-corrected chi connectivity index (χ4v) is 2.00. The van der Waals surface area contributed by atoms with Crippen LogP contribution in [0.4, 0.5) is 5.69 Å². The Morgan fingerprint density at radius 3 is 2.59 bits per heavy atom. The molecule has 1 atom stereocenters. The fraction of sp³-hybridized carbons (Fsp3) is 0.286. The van der Waals surface area contributed by atoms with Gasteiger partial charge in [0.05, 0.1) is 12.0 Å². The highest BCUT2D eigenvalue weighted by molar-refractivity contribution is 6.18. The standard InChI is InChI=1S/C14H16ClNO/c1-10-6-7-14(16-9-11(17)8-15)13-5-3-2-4-12(10)13/h2-7,11,16-17H,8-9H2,1H3. The number of nitrogens with one attached hydrogen (secondary N) is 1. The van der Waals surface area contributed by atoms with Gasteiger partial charge in [0.15, 0.2) is 0 Å². The zero-order chi connectivity index (χ0) is 12.3. The Kier molecular flexibility index (Phi) is 3.87. The van der Waals surface area contributed by atoms with Crippen molar-refractivity contribution >= 4 is 28.1 Å². The van der Waals surface area contributed by atoms with Crippen molar-refractivity contribution in [1.29, 1.82) is 0 Å². The Morgan fingerprint density at radius 2 is 1.88 bits per heavy atom. The molecule has 0 amide bonds. The second-order valence-corrected chi connectivity index (χ2v) is 4.47. The Morgan fingerprint density at radius 1 is 1.18 bits per heavy atom. The molecule has 17 heavy (non-hydrogen) atoms. The highest BCUT2D eigenvalue weighted by atomic mass is 35.5. The van der Waals surface area contributed by atoms with Crippen molar-refractivity contribution in [3.8, 4) is 0 Å². The summed E-state index contributed by atoms with van der Waals surface area (Å²) in [6.07, 6.45) is -0.517. The molecule has 90 valence electrons. The van der Waals surface area contributed by atoms with Crippen molar-refractivity contribution in [1.82, 2.24) is 0 Å². The van der Waals surface area contributed by atoms with Crippen LogP contribution in [0.2, 0.25) is 0 Å². The zero-order valence-electron chi connectivity index (χ0n) is 9.78. The lowest BCUT2D eigenvalue weighted by Gasteiger charge is -2.13. The van der Waals surface area contributed by atoms with Gasteiger partial charge in [-0.05, 0) is 23.9 Å². The topological polar surface area (TPSA) is 32.3 Å². The average Bonchev–Trinajstić information content (AvgIpc) is 2.38. The third kappa shape index (κ3) is 2.71. The maximum atomic E-state index is 9.45. The van der Waals surface area contributed by atoms with Crippen molar-refractivity contribution in [2.45, 2.75) is 13.0 Å². The van der Waals surface area contributed by atoms with Crippen molar-refractivity contribution < 1.29 is 5.11 Å². The van der Waals surface area contributed by atoms with Gasteiger partial charge in [-0.25, -0.2) is 0 Å². The highest BCUT2D eigenvalue weighted by Crippen LogP contribution is 2.26. The molecule has 0 saturated carbocycles. The molecule has 0 aliphatic carbocycles. The van der Waals surface area contributed by atoms with E-state index < -0.39 is 6.10 Å². The minimum atomic E-state index is -0.517. The Labute approximate surface area is 106 Å². The Hall–Kier alpha value is -1.25. The lowest BCUT2D eigenvalue weighted by Crippen LogP contribution is -2.20. The van der Waals surface area contributed by atoms with Crippen LogP contribution in [-0.4, -0.2) is 23.6 Å². The molecule has 2 nitrogen and oxygen atoms in total. The summed E-state index contributed by atoms with van der Waals surface area (Å²) in [5.41, 5.74) is 2.29. The van der Waals surface area contributed by atoms with E-state index >= 15 is 0 Å². The van der Waals surface area contributed by atoms with Crippen LogP contribution in [-0.2, 0) is 0 Å². The van der Waals surface area contributed by atoms with Crippen molar-refractivity contribution in [3.63, 3.8) is 0 Å². The maximum absolute atomic E-state index is 9.45. The molecule has 2 rings (SSSR count). The summed E-state index contributed by atoms with van der Waals surface area (Å²) in [5.74, 6) is 0.247. The van der Waals surface area contributed by atoms with Gasteiger partial charge in [0.2, 0.25) is 0 Å². The number of halogens is 1. The van der Waals surface area contributed by atoms with E-state index in [1.54, 1.807) is 0 Å². The number of aliphatic hydroxyl groups excluding tert-OH is 1. The molecule has 0 aliphatic heterocycles. The SMILES string of the molecule is Cc1ccc(NCC(O)CCl)c2ccccc12. The molecular weight excluding hydrogens is 234 g/mol. The van der Waals surface area contributed by atoms with Gasteiger partial charge in [0, 0.05) is 17.6 Å². The fourth-order valence-electron chi connectivity index (χ4n) is 1.89. The van der Waals surface area contributed by atoms with Crippen molar-refractivity contribution in [3.05, 3.63) is 42.0 Å². The molecule has 3 heteroatoms. The number of aryl methyl sites for hydroxylation is 1. The lowest BCUT2D eigenvalue weighted by atomic mass is 10.0. The predicted molar refractivity (Wildman–Crippen MR) is 73.9 cm³/mol. The molecule has 2 aromatic carbocycles. The van der Waals surface area contributed by atoms with Gasteiger partial charge in [0.1, 0.15) is 0 Å². The molecule has 0 spiro atoms. The minimum Gasteiger partial charge on any atom is -0.390 e. The molecule has 0 aliphatic rings. The Bertz CT molecular complexity index is 513. The number of anilines is 1. The van der Waals surface area contributed by atoms with Crippen LogP contribution in [0, 0.1) is 6.92 Å². The first-order valence-corrected chi connectivity index (χ1v) is 6.22. The summed E-state index contributed by atoms with van der Waals surface area (Å²) in [7, 11) is 0. The molecule has 0 radical (unpaired) electrons. The van der Waals surface area contributed by atoms with Crippen LogP contribution in [0.15, 0.2) is 36.4 Å². The van der Waals surface area contributed by atoms with E-state index in [0.717, 1.165) is 5.69 Å². The number of rotatable bonds is 4. The number of hydrogen-bond donors (Lipinski definition) is 2. The van der Waals surface area contributed by atoms with Crippen LogP contribution in [0.3, 0.4) is 0 Å². The van der Waals surface area contributed by atoms with E-state index in [-0.39, 0.29) is 5.88 Å². The minimum absolute atomic E-state index is 0.247. The molecule has 0 bridgehead atoms. The summed E-state index contributed by atoms with van der Waals surface area (Å²) in [5, 5.41) is 15.1. The summed E-state index contributed by atoms with van der Waals surface area (Å²) >= 11 is 5.57. The summed E-state index contributed by atoms with van der Waals surface area (Å²) in [6, 6.07) is 12.4. The number of hydrogen-bond acceptors (Lipinski definition) is 2. The van der Waals surface area contributed by atoms with E-state index in [0.29, 0.717) is 6.54 Å². The molecule has 0 heterocycles. The third-order valence-corrected chi connectivity index (χ3v) is 3.20. The van der Waals surface area contributed by atoms with E-state index in [2.05, 4.69) is 30.4 Å². The van der Waals surface area contributed by atoms with Crippen molar-refractivity contribution in [2.75, 3.05) is 17.7 Å². The smallest absolute Gasteiger partial charge is 0.0847 e. The summed E-state index contributed by atoms with van der Waals surface area (Å²) in [6.45, 7) is 2.57. The largest absolute Gasteiger partial charge is 0.390 e. The van der Waals surface area contributed by atoms with Gasteiger partial charge in [-0.2, -0.15) is 0 Å². The van der Waals surface area contributed by atoms with Gasteiger partial charge in [-0.15, -0.1) is 11.6 Å². The second kappa shape index (κ2) is 5.39. The molecule has 2 N–H and O–H groups in total. The lowest BCUT2D eigenvalue weighted by molar-refractivity contribution is 0.211. The number of fused-ring (bicyclic) bond motifs is 1. The maximum Gasteiger partial charge on any atom is 0.0847 e. The second-order valence-electron chi connectivity index (χ2n) is 4.16. The monoisotopic (exact) mass is 249 g/mol. The van der Waals surface area contributed by atoms with Gasteiger partial charge in [-0.3, -0.25) is 0 Å². The van der Waals surface area contributed by atoms with Gasteiger partial charge in [0.25, 0.3) is 0 Å². The first-order chi connectivity index (χ1) is 8.22. The molecule has 0 aromatic heterocycles. The first kappa shape index (κ1) is 12.2. The Balaban J connectivity index is 2.32. The molecule has 1 unspecified atom stereocenters. The average molecular weight is 250 g/mol. The van der Waals surface area contributed by atoms with Crippen LogP contribution in [0.25, 0.3) is 10.8 Å². The summed E-state index contributed by atoms with van der Waals surface area (Å²) < 4.78 is 0. The number of benzene rings is 2. The van der Waals surface area contributed by atoms with Crippen LogP contribution in [0.1, 0.15) is 5.56 Å². The van der Waals surface area contributed by atoms with Gasteiger partial charge >= 0.3 is 0 Å². The van der Waals surface area contributed by atoms with E-state index in [9.17, 15) is 5.11 Å². The molecular formula is C14H16ClNO. The van der Waals surface area contributed by atoms with Crippen LogP contribution >= 0.6 is 11.6 Å². The van der Waals surface area contributed by atoms with Crippen LogP contribution < -0.4 is 5.32 Å². The van der Waals surface area contributed by atoms with Crippen molar-refractivity contribution in [2.24, 2.45) is 0 Å². The predicted octanol–water partition coefficient (Wildman–Crippen LogP) is 3.16. The summed E-state index contributed by atoms with van der Waals surface area (Å²) in [4.78, 5) is 0. The third-order valence-electron chi connectivity index (χ3n) is 2.85. The van der Waals surface area contributed by atoms with Crippen LogP contribution in [0.5, 0.6) is 0 Å². The normalized spacial score (nSPS) is 12.6. The van der Waals surface area contributed by atoms with E-state index in [1.165, 1.54) is 16.3 Å². The zero-order valence-corrected chi connectivity index (χ0v) is 10.5.